The number of rotatable bonds is 4. The second kappa shape index (κ2) is 5.44. The molecule has 0 radical (unpaired) electrons. The maximum atomic E-state index is 13.7. The molecule has 112 valence electrons. The molecule has 1 aromatic carbocycles. The first-order valence-electron chi connectivity index (χ1n) is 6.50. The van der Waals surface area contributed by atoms with Gasteiger partial charge in [0.25, 0.3) is 5.91 Å². The van der Waals surface area contributed by atoms with Crippen LogP contribution in [-0.2, 0) is 6.54 Å². The van der Waals surface area contributed by atoms with Gasteiger partial charge in [-0.3, -0.25) is 4.79 Å². The third kappa shape index (κ3) is 2.37. The van der Waals surface area contributed by atoms with Gasteiger partial charge < -0.3 is 16.0 Å². The maximum absolute atomic E-state index is 13.7. The predicted molar refractivity (Wildman–Crippen MR) is 78.3 cm³/mol. The molecule has 0 spiro atoms. The van der Waals surface area contributed by atoms with Crippen molar-refractivity contribution >= 4 is 22.6 Å². The summed E-state index contributed by atoms with van der Waals surface area (Å²) in [5.74, 6) is -1.99. The Morgan fingerprint density at radius 1 is 1.27 bits per heavy atom. The Hall–Kier alpha value is -2.96. The zero-order valence-corrected chi connectivity index (χ0v) is 11.4. The number of hydrogen-bond acceptors (Lipinski definition) is 3. The monoisotopic (exact) mass is 302 g/mol. The minimum atomic E-state index is -0.674. The summed E-state index contributed by atoms with van der Waals surface area (Å²) in [5.41, 5.74) is 6.30. The third-order valence-electron chi connectivity index (χ3n) is 3.36. The number of nitrogens with one attached hydrogen (secondary N) is 2. The molecule has 0 aliphatic carbocycles. The Morgan fingerprint density at radius 2 is 2.00 bits per heavy atom. The summed E-state index contributed by atoms with van der Waals surface area (Å²) in [6, 6.07) is 5.34. The van der Waals surface area contributed by atoms with Gasteiger partial charge in [-0.15, -0.1) is 0 Å². The van der Waals surface area contributed by atoms with Gasteiger partial charge in [0.2, 0.25) is 0 Å². The molecule has 0 fully saturated rings. The quantitative estimate of drug-likeness (QED) is 0.692. The summed E-state index contributed by atoms with van der Waals surface area (Å²) < 4.78 is 27.4. The fourth-order valence-electron chi connectivity index (χ4n) is 2.26. The van der Waals surface area contributed by atoms with Gasteiger partial charge in [-0.1, -0.05) is 6.07 Å². The van der Waals surface area contributed by atoms with Gasteiger partial charge >= 0.3 is 0 Å². The highest BCUT2D eigenvalue weighted by molar-refractivity contribution is 6.05. The largest absolute Gasteiger partial charge is 0.379 e. The molecule has 0 saturated heterocycles. The number of halogens is 2. The van der Waals surface area contributed by atoms with Crippen molar-refractivity contribution in [2.24, 2.45) is 5.73 Å². The van der Waals surface area contributed by atoms with E-state index in [1.165, 1.54) is 24.4 Å². The van der Waals surface area contributed by atoms with Gasteiger partial charge in [-0.05, 0) is 18.2 Å². The van der Waals surface area contributed by atoms with E-state index < -0.39 is 17.5 Å². The molecule has 4 N–H and O–H groups in total. The van der Waals surface area contributed by atoms with E-state index in [1.807, 2.05) is 0 Å². The molecular weight excluding hydrogens is 290 g/mol. The van der Waals surface area contributed by atoms with E-state index in [1.54, 1.807) is 12.3 Å². The number of benzene rings is 1. The summed E-state index contributed by atoms with van der Waals surface area (Å²) in [4.78, 5) is 18.5. The van der Waals surface area contributed by atoms with Crippen LogP contribution in [0.4, 0.5) is 14.5 Å². The van der Waals surface area contributed by atoms with Crippen LogP contribution in [0.25, 0.3) is 11.0 Å². The Balaban J connectivity index is 2.01. The maximum Gasteiger partial charge on any atom is 0.252 e. The molecule has 0 unspecified atom stereocenters. The van der Waals surface area contributed by atoms with Crippen molar-refractivity contribution in [3.63, 3.8) is 0 Å². The van der Waals surface area contributed by atoms with Crippen LogP contribution in [0.15, 0.2) is 36.7 Å². The molecular formula is C15H12F2N4O. The summed E-state index contributed by atoms with van der Waals surface area (Å²) in [6.07, 6.45) is 2.97. The molecule has 5 nitrogen and oxygen atoms in total. The van der Waals surface area contributed by atoms with E-state index in [0.717, 1.165) is 0 Å². The van der Waals surface area contributed by atoms with Crippen LogP contribution in [0.3, 0.4) is 0 Å². The number of hydrogen-bond donors (Lipinski definition) is 3. The van der Waals surface area contributed by atoms with E-state index in [4.69, 9.17) is 5.73 Å². The highest BCUT2D eigenvalue weighted by Crippen LogP contribution is 2.26. The average Bonchev–Trinajstić information content (AvgIpc) is 2.95. The van der Waals surface area contributed by atoms with Crippen LogP contribution < -0.4 is 11.1 Å². The minimum Gasteiger partial charge on any atom is -0.379 e. The van der Waals surface area contributed by atoms with E-state index in [2.05, 4.69) is 15.3 Å². The molecule has 1 amide bonds. The smallest absolute Gasteiger partial charge is 0.252 e. The molecule has 0 saturated carbocycles. The number of anilines is 1. The van der Waals surface area contributed by atoms with E-state index in [9.17, 15) is 13.6 Å². The molecule has 22 heavy (non-hydrogen) atoms. The first-order valence-corrected chi connectivity index (χ1v) is 6.50. The van der Waals surface area contributed by atoms with Crippen LogP contribution in [0.2, 0.25) is 0 Å². The predicted octanol–water partition coefficient (Wildman–Crippen LogP) is 2.55. The third-order valence-corrected chi connectivity index (χ3v) is 3.36. The number of amides is 1. The molecule has 0 aliphatic heterocycles. The summed E-state index contributed by atoms with van der Waals surface area (Å²) >= 11 is 0. The Labute approximate surface area is 124 Å². The van der Waals surface area contributed by atoms with Crippen molar-refractivity contribution in [1.82, 2.24) is 9.97 Å². The first kappa shape index (κ1) is 14.0. The summed E-state index contributed by atoms with van der Waals surface area (Å²) in [7, 11) is 0. The molecule has 0 aliphatic rings. The van der Waals surface area contributed by atoms with Gasteiger partial charge in [0.1, 0.15) is 17.3 Å². The van der Waals surface area contributed by atoms with Crippen molar-refractivity contribution in [2.45, 2.75) is 6.54 Å². The Bertz CT molecular complexity index is 840. The molecule has 0 bridgehead atoms. The average molecular weight is 302 g/mol. The fourth-order valence-corrected chi connectivity index (χ4v) is 2.26. The van der Waals surface area contributed by atoms with Crippen molar-refractivity contribution in [3.05, 3.63) is 59.4 Å². The van der Waals surface area contributed by atoms with Gasteiger partial charge in [0, 0.05) is 29.9 Å². The lowest BCUT2D eigenvalue weighted by molar-refractivity contribution is 0.100. The number of aromatic amines is 1. The van der Waals surface area contributed by atoms with E-state index >= 15 is 0 Å². The number of aromatic nitrogens is 2. The number of nitrogens with two attached hydrogens (primary N) is 1. The Morgan fingerprint density at radius 3 is 2.68 bits per heavy atom. The molecule has 2 heterocycles. The standard InChI is InChI=1S/C15H12F2N4O/c16-11-2-1-3-12(17)9(11)6-20-13-8-4-5-19-15(8)21-7-10(13)14(18)22/h1-5,7H,6H2,(H2,18,22)(H2,19,20,21). The minimum absolute atomic E-state index is 0.113. The lowest BCUT2D eigenvalue weighted by Gasteiger charge is -2.12. The number of pyridine rings is 1. The van der Waals surface area contributed by atoms with E-state index in [0.29, 0.717) is 16.7 Å². The normalized spacial score (nSPS) is 10.8. The molecule has 3 aromatic rings. The summed E-state index contributed by atoms with van der Waals surface area (Å²) in [5, 5.41) is 3.50. The van der Waals surface area contributed by atoms with Crippen LogP contribution in [0, 0.1) is 11.6 Å². The number of H-pyrrole nitrogens is 1. The number of carbonyl (C=O) groups is 1. The SMILES string of the molecule is NC(=O)c1cnc2[nH]ccc2c1NCc1c(F)cccc1F. The topological polar surface area (TPSA) is 83.8 Å². The van der Waals surface area contributed by atoms with Crippen LogP contribution in [0.1, 0.15) is 15.9 Å². The number of nitrogens with zero attached hydrogens (tertiary/aromatic N) is 1. The van der Waals surface area contributed by atoms with Crippen molar-refractivity contribution in [3.8, 4) is 0 Å². The number of fused-ring (bicyclic) bond motifs is 1. The van der Waals surface area contributed by atoms with Gasteiger partial charge in [0.15, 0.2) is 0 Å². The second-order valence-electron chi connectivity index (χ2n) is 4.70. The molecule has 2 aromatic heterocycles. The highest BCUT2D eigenvalue weighted by atomic mass is 19.1. The zero-order chi connectivity index (χ0) is 15.7. The van der Waals surface area contributed by atoms with Gasteiger partial charge in [-0.2, -0.15) is 0 Å². The second-order valence-corrected chi connectivity index (χ2v) is 4.70. The molecule has 3 rings (SSSR count). The van der Waals surface area contributed by atoms with Crippen LogP contribution in [-0.4, -0.2) is 15.9 Å². The van der Waals surface area contributed by atoms with Gasteiger partial charge in [0.05, 0.1) is 11.3 Å². The highest BCUT2D eigenvalue weighted by Gasteiger charge is 2.15. The first-order chi connectivity index (χ1) is 10.6. The van der Waals surface area contributed by atoms with Crippen LogP contribution in [0.5, 0.6) is 0 Å². The Kier molecular flexibility index (Phi) is 3.46. The number of primary amides is 1. The van der Waals surface area contributed by atoms with Crippen molar-refractivity contribution < 1.29 is 13.6 Å². The lowest BCUT2D eigenvalue weighted by atomic mass is 10.1. The number of carbonyl (C=O) groups excluding carboxylic acids is 1. The van der Waals surface area contributed by atoms with E-state index in [-0.39, 0.29) is 17.7 Å². The fraction of sp³-hybridized carbons (Fsp3) is 0.0667. The van der Waals surface area contributed by atoms with Crippen molar-refractivity contribution in [1.29, 1.82) is 0 Å². The summed E-state index contributed by atoms with van der Waals surface area (Å²) in [6.45, 7) is -0.122. The van der Waals surface area contributed by atoms with Crippen molar-refractivity contribution in [2.75, 3.05) is 5.32 Å². The lowest BCUT2D eigenvalue weighted by Crippen LogP contribution is -2.15. The van der Waals surface area contributed by atoms with Gasteiger partial charge in [-0.25, -0.2) is 13.8 Å². The molecule has 7 heteroatoms. The molecule has 0 atom stereocenters. The van der Waals surface area contributed by atoms with Crippen LogP contribution >= 0.6 is 0 Å². The zero-order valence-electron chi connectivity index (χ0n) is 11.4.